The van der Waals surface area contributed by atoms with Crippen LogP contribution in [0.3, 0.4) is 0 Å². The lowest BCUT2D eigenvalue weighted by Crippen LogP contribution is -2.60. The van der Waals surface area contributed by atoms with Crippen molar-refractivity contribution >= 4 is 10.0 Å². The zero-order chi connectivity index (χ0) is 31.8. The number of sulfonamides is 1. The van der Waals surface area contributed by atoms with Gasteiger partial charge in [-0.2, -0.15) is 0 Å². The van der Waals surface area contributed by atoms with E-state index in [1.165, 1.54) is 63.5 Å². The molecule has 0 radical (unpaired) electrons. The lowest BCUT2D eigenvalue weighted by molar-refractivity contribution is -0.303. The van der Waals surface area contributed by atoms with Crippen molar-refractivity contribution in [2.45, 2.75) is 151 Å². The Balaban J connectivity index is 1.92. The summed E-state index contributed by atoms with van der Waals surface area (Å²) < 4.78 is 39.6. The van der Waals surface area contributed by atoms with E-state index in [1.54, 1.807) is 19.1 Å². The highest BCUT2D eigenvalue weighted by Gasteiger charge is 2.44. The van der Waals surface area contributed by atoms with Crippen LogP contribution in [0.5, 0.6) is 0 Å². The van der Waals surface area contributed by atoms with Crippen LogP contribution in [0, 0.1) is 6.92 Å². The Kier molecular flexibility index (Phi) is 17.7. The predicted molar refractivity (Wildman–Crippen MR) is 163 cm³/mol. The number of unbranched alkanes of at least 4 members (excludes halogenated alkanes) is 11. The Morgan fingerprint density at radius 1 is 0.884 bits per heavy atom. The molecular weight excluding hydrogens is 578 g/mol. The second-order valence-electron chi connectivity index (χ2n) is 11.8. The number of rotatable bonds is 22. The molecule has 1 heterocycles. The summed E-state index contributed by atoms with van der Waals surface area (Å²) >= 11 is 0. The van der Waals surface area contributed by atoms with Crippen LogP contribution in [0.25, 0.3) is 0 Å². The summed E-state index contributed by atoms with van der Waals surface area (Å²) in [6.45, 7) is 2.76. The summed E-state index contributed by atoms with van der Waals surface area (Å²) in [6.07, 6.45) is 3.54. The van der Waals surface area contributed by atoms with Crippen LogP contribution in [0.15, 0.2) is 29.2 Å². The van der Waals surface area contributed by atoms with Gasteiger partial charge in [0.25, 0.3) is 0 Å². The Morgan fingerprint density at radius 2 is 1.47 bits per heavy atom. The first kappa shape index (κ1) is 38.0. The van der Waals surface area contributed by atoms with Gasteiger partial charge in [-0.05, 0) is 31.0 Å². The number of nitrogens with one attached hydrogen (secondary N) is 1. The molecule has 0 spiro atoms. The van der Waals surface area contributed by atoms with Gasteiger partial charge in [0.05, 0.1) is 36.4 Å². The van der Waals surface area contributed by atoms with Gasteiger partial charge in [0, 0.05) is 0 Å². The van der Waals surface area contributed by atoms with E-state index >= 15 is 0 Å². The number of aryl methyl sites for hydroxylation is 1. The van der Waals surface area contributed by atoms with E-state index in [9.17, 15) is 39.1 Å². The third kappa shape index (κ3) is 13.0. The molecule has 0 aromatic heterocycles. The van der Waals surface area contributed by atoms with Crippen molar-refractivity contribution in [2.75, 3.05) is 13.2 Å². The Morgan fingerprint density at radius 3 is 2.02 bits per heavy atom. The van der Waals surface area contributed by atoms with Crippen LogP contribution in [-0.2, 0) is 19.5 Å². The fourth-order valence-corrected chi connectivity index (χ4v) is 6.63. The lowest BCUT2D eigenvalue weighted by atomic mass is 9.99. The van der Waals surface area contributed by atoms with Crippen molar-refractivity contribution in [2.24, 2.45) is 0 Å². The van der Waals surface area contributed by atoms with Crippen LogP contribution < -0.4 is 4.72 Å². The molecule has 1 saturated heterocycles. The maximum absolute atomic E-state index is 13.2. The average Bonchev–Trinajstić information content (AvgIpc) is 2.98. The predicted octanol–water partition coefficient (Wildman–Crippen LogP) is 2.27. The number of aliphatic hydroxyl groups excluding tert-OH is 6. The van der Waals surface area contributed by atoms with Crippen LogP contribution in [0.1, 0.15) is 96.0 Å². The van der Waals surface area contributed by atoms with Crippen molar-refractivity contribution in [3.05, 3.63) is 29.8 Å². The number of ether oxygens (including phenoxy) is 2. The average molecular weight is 634 g/mol. The number of hydrogen-bond acceptors (Lipinski definition) is 10. The van der Waals surface area contributed by atoms with Gasteiger partial charge in [0.15, 0.2) is 6.29 Å². The third-order valence-electron chi connectivity index (χ3n) is 8.05. The summed E-state index contributed by atoms with van der Waals surface area (Å²) in [5.74, 6) is 0. The molecule has 2 rings (SSSR count). The normalized spacial score (nSPS) is 25.0. The molecule has 1 aromatic rings. The molecule has 12 heteroatoms. The van der Waals surface area contributed by atoms with E-state index in [2.05, 4.69) is 11.6 Å². The molecule has 2 unspecified atom stereocenters. The van der Waals surface area contributed by atoms with Gasteiger partial charge < -0.3 is 40.1 Å². The van der Waals surface area contributed by atoms with Gasteiger partial charge in [-0.15, -0.1) is 0 Å². The minimum atomic E-state index is -4.14. The van der Waals surface area contributed by atoms with E-state index in [0.29, 0.717) is 12.0 Å². The molecule has 0 aliphatic carbocycles. The van der Waals surface area contributed by atoms with E-state index in [-0.39, 0.29) is 11.3 Å². The maximum Gasteiger partial charge on any atom is 0.240 e. The van der Waals surface area contributed by atoms with Gasteiger partial charge >= 0.3 is 0 Å². The zero-order valence-corrected chi connectivity index (χ0v) is 26.6. The van der Waals surface area contributed by atoms with Crippen LogP contribution >= 0.6 is 0 Å². The Bertz CT molecular complexity index is 995. The molecule has 0 bridgehead atoms. The summed E-state index contributed by atoms with van der Waals surface area (Å²) in [7, 11) is -4.14. The van der Waals surface area contributed by atoms with Gasteiger partial charge in [-0.3, -0.25) is 0 Å². The topological polar surface area (TPSA) is 186 Å². The molecule has 0 saturated carbocycles. The minimum absolute atomic E-state index is 0.0343. The quantitative estimate of drug-likeness (QED) is 0.0934. The Hall–Kier alpha value is -1.19. The summed E-state index contributed by atoms with van der Waals surface area (Å²) in [5, 5.41) is 61.6. The van der Waals surface area contributed by atoms with Crippen molar-refractivity contribution < 1.29 is 48.5 Å². The molecule has 1 aromatic carbocycles. The van der Waals surface area contributed by atoms with Gasteiger partial charge in [0.1, 0.15) is 24.4 Å². The van der Waals surface area contributed by atoms with Gasteiger partial charge in [-0.1, -0.05) is 96.1 Å². The molecular formula is C31H55NO10S. The highest BCUT2D eigenvalue weighted by molar-refractivity contribution is 7.89. The molecule has 11 nitrogen and oxygen atoms in total. The monoisotopic (exact) mass is 633 g/mol. The van der Waals surface area contributed by atoms with Crippen molar-refractivity contribution in [3.8, 4) is 0 Å². The maximum atomic E-state index is 13.2. The molecule has 43 heavy (non-hydrogen) atoms. The smallest absolute Gasteiger partial charge is 0.240 e. The van der Waals surface area contributed by atoms with Gasteiger partial charge in [-0.25, -0.2) is 13.1 Å². The largest absolute Gasteiger partial charge is 0.394 e. The number of hydrogen-bond donors (Lipinski definition) is 7. The molecule has 7 N–H and O–H groups in total. The van der Waals surface area contributed by atoms with Crippen molar-refractivity contribution in [1.29, 1.82) is 0 Å². The molecule has 1 aliphatic rings. The first-order chi connectivity index (χ1) is 20.5. The molecule has 8 atom stereocenters. The highest BCUT2D eigenvalue weighted by Crippen LogP contribution is 2.23. The summed E-state index contributed by atoms with van der Waals surface area (Å²) in [4.78, 5) is -0.0343. The van der Waals surface area contributed by atoms with Crippen LogP contribution in [0.2, 0.25) is 0 Å². The van der Waals surface area contributed by atoms with E-state index < -0.39 is 72.2 Å². The molecule has 1 fully saturated rings. The lowest BCUT2D eigenvalue weighted by Gasteiger charge is -2.40. The first-order valence-corrected chi connectivity index (χ1v) is 17.4. The second kappa shape index (κ2) is 20.0. The standard InChI is InChI=1S/C31H55NO10S/c1-3-4-5-6-7-8-9-10-11-12-13-14-18-25(34)27(35)24(32-43(39,40)23-17-15-16-22(2)19-23)21-41-31-30(38)29(37)28(36)26(20-33)42-31/h15-17,19,24-38H,3-14,18,20-21H2,1-2H3/t24-,25+,26?,27-,28-,29-,30?,31+/m0/s1. The van der Waals surface area contributed by atoms with Crippen molar-refractivity contribution in [3.63, 3.8) is 0 Å². The molecule has 0 amide bonds. The fraction of sp³-hybridized carbons (Fsp3) is 0.806. The van der Waals surface area contributed by atoms with Crippen LogP contribution in [0.4, 0.5) is 0 Å². The summed E-state index contributed by atoms with van der Waals surface area (Å²) in [6, 6.07) is 4.85. The van der Waals surface area contributed by atoms with Gasteiger partial charge in [0.2, 0.25) is 10.0 Å². The second-order valence-corrected chi connectivity index (χ2v) is 13.5. The van der Waals surface area contributed by atoms with E-state index in [4.69, 9.17) is 9.47 Å². The first-order valence-electron chi connectivity index (χ1n) is 15.9. The summed E-state index contributed by atoms with van der Waals surface area (Å²) in [5.41, 5.74) is 0.713. The third-order valence-corrected chi connectivity index (χ3v) is 9.54. The molecule has 1 aliphatic heterocycles. The molecule has 250 valence electrons. The van der Waals surface area contributed by atoms with E-state index in [0.717, 1.165) is 19.3 Å². The van der Waals surface area contributed by atoms with Crippen molar-refractivity contribution in [1.82, 2.24) is 4.72 Å². The Labute approximate surface area is 257 Å². The SMILES string of the molecule is CCCCCCCCCCCCCC[C@@H](O)[C@@H](O)[C@H](CO[C@@H]1OC(CO)[C@H](O)[C@H](O)C1O)NS(=O)(=O)c1cccc(C)c1. The fourth-order valence-electron chi connectivity index (χ4n) is 5.29. The highest BCUT2D eigenvalue weighted by atomic mass is 32.2. The van der Waals surface area contributed by atoms with Crippen LogP contribution in [-0.4, -0.2) is 101 Å². The minimum Gasteiger partial charge on any atom is -0.394 e. The number of benzene rings is 1. The van der Waals surface area contributed by atoms with E-state index in [1.807, 2.05) is 0 Å². The zero-order valence-electron chi connectivity index (χ0n) is 25.8. The number of aliphatic hydroxyl groups is 6.